The van der Waals surface area contributed by atoms with Crippen molar-refractivity contribution >= 4 is 0 Å². The first-order chi connectivity index (χ1) is 9.86. The van der Waals surface area contributed by atoms with Crippen molar-refractivity contribution in [1.82, 2.24) is 0 Å². The fourth-order valence-electron chi connectivity index (χ4n) is 2.11. The summed E-state index contributed by atoms with van der Waals surface area (Å²) in [6.07, 6.45) is -0.295. The molecule has 0 amide bonds. The van der Waals surface area contributed by atoms with Gasteiger partial charge in [0.25, 0.3) is 0 Å². The van der Waals surface area contributed by atoms with Crippen molar-refractivity contribution in [3.8, 4) is 17.2 Å². The Bertz CT molecular complexity index is 576. The molecule has 0 aromatic heterocycles. The molecule has 0 unspecified atom stereocenters. The van der Waals surface area contributed by atoms with Gasteiger partial charge in [-0.1, -0.05) is 24.3 Å². The molecule has 20 heavy (non-hydrogen) atoms. The van der Waals surface area contributed by atoms with Gasteiger partial charge in [-0.2, -0.15) is 0 Å². The van der Waals surface area contributed by atoms with E-state index in [-0.39, 0.29) is 6.29 Å². The first-order valence-electron chi connectivity index (χ1n) is 6.51. The van der Waals surface area contributed by atoms with Gasteiger partial charge in [-0.3, -0.25) is 0 Å². The van der Waals surface area contributed by atoms with Crippen LogP contribution in [0.2, 0.25) is 0 Å². The molecule has 0 spiro atoms. The third-order valence-corrected chi connectivity index (χ3v) is 3.05. The van der Waals surface area contributed by atoms with Gasteiger partial charge in [0, 0.05) is 5.56 Å². The highest BCUT2D eigenvalue weighted by molar-refractivity contribution is 5.43. The van der Waals surface area contributed by atoms with Crippen molar-refractivity contribution < 1.29 is 18.9 Å². The number of methoxy groups -OCH3 is 1. The normalized spacial score (nSPS) is 15.2. The van der Waals surface area contributed by atoms with E-state index in [4.69, 9.17) is 18.9 Å². The van der Waals surface area contributed by atoms with Gasteiger partial charge in [-0.25, -0.2) is 0 Å². The van der Waals surface area contributed by atoms with E-state index in [0.717, 1.165) is 11.3 Å². The Morgan fingerprint density at radius 2 is 1.70 bits per heavy atom. The van der Waals surface area contributed by atoms with Gasteiger partial charge in [0.1, 0.15) is 5.75 Å². The monoisotopic (exact) mass is 272 g/mol. The van der Waals surface area contributed by atoms with Crippen molar-refractivity contribution in [3.63, 3.8) is 0 Å². The molecule has 3 rings (SSSR count). The van der Waals surface area contributed by atoms with E-state index < -0.39 is 0 Å². The van der Waals surface area contributed by atoms with E-state index in [1.807, 2.05) is 48.5 Å². The SMILES string of the molecule is COc1ccccc1Oc1cccc(C2OCCO2)c1. The summed E-state index contributed by atoms with van der Waals surface area (Å²) in [6, 6.07) is 15.2. The molecule has 0 atom stereocenters. The molecule has 1 heterocycles. The molecule has 4 heteroatoms. The lowest BCUT2D eigenvalue weighted by Gasteiger charge is -2.13. The summed E-state index contributed by atoms with van der Waals surface area (Å²) in [6.45, 7) is 1.25. The van der Waals surface area contributed by atoms with Crippen molar-refractivity contribution in [2.45, 2.75) is 6.29 Å². The van der Waals surface area contributed by atoms with Crippen molar-refractivity contribution in [1.29, 1.82) is 0 Å². The van der Waals surface area contributed by atoms with Crippen LogP contribution >= 0.6 is 0 Å². The van der Waals surface area contributed by atoms with Crippen LogP contribution in [0.4, 0.5) is 0 Å². The van der Waals surface area contributed by atoms with Gasteiger partial charge in [0.05, 0.1) is 20.3 Å². The molecule has 0 bridgehead atoms. The third-order valence-electron chi connectivity index (χ3n) is 3.05. The standard InChI is InChI=1S/C16H16O4/c1-17-14-7-2-3-8-15(14)20-13-6-4-5-12(11-13)16-18-9-10-19-16/h2-8,11,16H,9-10H2,1H3. The second-order valence-electron chi connectivity index (χ2n) is 4.40. The molecule has 0 N–H and O–H groups in total. The first-order valence-corrected chi connectivity index (χ1v) is 6.51. The van der Waals surface area contributed by atoms with Gasteiger partial charge in [-0.05, 0) is 24.3 Å². The van der Waals surface area contributed by atoms with E-state index in [1.165, 1.54) is 0 Å². The molecule has 2 aromatic carbocycles. The predicted molar refractivity (Wildman–Crippen MR) is 74.2 cm³/mol. The number of para-hydroxylation sites is 2. The van der Waals surface area contributed by atoms with Crippen LogP contribution in [0, 0.1) is 0 Å². The number of benzene rings is 2. The molecule has 104 valence electrons. The number of hydrogen-bond donors (Lipinski definition) is 0. The summed E-state index contributed by atoms with van der Waals surface area (Å²) < 4.78 is 22.1. The lowest BCUT2D eigenvalue weighted by Crippen LogP contribution is -1.98. The Hall–Kier alpha value is -2.04. The largest absolute Gasteiger partial charge is 0.493 e. The van der Waals surface area contributed by atoms with Crippen molar-refractivity contribution in [2.24, 2.45) is 0 Å². The molecule has 1 aliphatic rings. The fraction of sp³-hybridized carbons (Fsp3) is 0.250. The summed E-state index contributed by atoms with van der Waals surface area (Å²) in [4.78, 5) is 0. The van der Waals surface area contributed by atoms with Crippen molar-refractivity contribution in [2.75, 3.05) is 20.3 Å². The Morgan fingerprint density at radius 3 is 2.45 bits per heavy atom. The molecule has 0 radical (unpaired) electrons. The Kier molecular flexibility index (Phi) is 3.85. The quantitative estimate of drug-likeness (QED) is 0.853. The molecule has 0 aliphatic carbocycles. The number of hydrogen-bond acceptors (Lipinski definition) is 4. The average molecular weight is 272 g/mol. The second-order valence-corrected chi connectivity index (χ2v) is 4.40. The average Bonchev–Trinajstić information content (AvgIpc) is 3.02. The van der Waals surface area contributed by atoms with Gasteiger partial charge in [-0.15, -0.1) is 0 Å². The highest BCUT2D eigenvalue weighted by atomic mass is 16.7. The highest BCUT2D eigenvalue weighted by Gasteiger charge is 2.18. The molecule has 1 aliphatic heterocycles. The van der Waals surface area contributed by atoms with Gasteiger partial charge in [0.15, 0.2) is 17.8 Å². The maximum Gasteiger partial charge on any atom is 0.184 e. The van der Waals surface area contributed by atoms with Crippen LogP contribution in [0.25, 0.3) is 0 Å². The van der Waals surface area contributed by atoms with Crippen molar-refractivity contribution in [3.05, 3.63) is 54.1 Å². The minimum atomic E-state index is -0.295. The van der Waals surface area contributed by atoms with E-state index in [2.05, 4.69) is 0 Å². The van der Waals surface area contributed by atoms with E-state index in [0.29, 0.717) is 24.7 Å². The van der Waals surface area contributed by atoms with Crippen LogP contribution in [0.3, 0.4) is 0 Å². The summed E-state index contributed by atoms with van der Waals surface area (Å²) in [7, 11) is 1.62. The van der Waals surface area contributed by atoms with E-state index in [9.17, 15) is 0 Å². The van der Waals surface area contributed by atoms with Crippen LogP contribution in [0.5, 0.6) is 17.2 Å². The Balaban J connectivity index is 1.82. The summed E-state index contributed by atoms with van der Waals surface area (Å²) in [5.74, 6) is 2.11. The minimum Gasteiger partial charge on any atom is -0.493 e. The molecule has 0 saturated carbocycles. The lowest BCUT2D eigenvalue weighted by molar-refractivity contribution is -0.0442. The fourth-order valence-corrected chi connectivity index (χ4v) is 2.11. The molecule has 4 nitrogen and oxygen atoms in total. The molecule has 1 saturated heterocycles. The first kappa shape index (κ1) is 13.0. The minimum absolute atomic E-state index is 0.295. The zero-order valence-corrected chi connectivity index (χ0v) is 11.2. The lowest BCUT2D eigenvalue weighted by atomic mass is 10.2. The van der Waals surface area contributed by atoms with E-state index >= 15 is 0 Å². The van der Waals surface area contributed by atoms with Gasteiger partial charge >= 0.3 is 0 Å². The molecule has 2 aromatic rings. The van der Waals surface area contributed by atoms with Crippen LogP contribution in [-0.2, 0) is 9.47 Å². The number of rotatable bonds is 4. The zero-order chi connectivity index (χ0) is 13.8. The Labute approximate surface area is 117 Å². The maximum absolute atomic E-state index is 5.86. The third kappa shape index (κ3) is 2.76. The highest BCUT2D eigenvalue weighted by Crippen LogP contribution is 2.33. The van der Waals surface area contributed by atoms with E-state index in [1.54, 1.807) is 7.11 Å². The predicted octanol–water partition coefficient (Wildman–Crippen LogP) is 3.53. The summed E-state index contributed by atoms with van der Waals surface area (Å²) in [5, 5.41) is 0. The van der Waals surface area contributed by atoms with Crippen LogP contribution < -0.4 is 9.47 Å². The van der Waals surface area contributed by atoms with Gasteiger partial charge in [0.2, 0.25) is 0 Å². The van der Waals surface area contributed by atoms with Gasteiger partial charge < -0.3 is 18.9 Å². The topological polar surface area (TPSA) is 36.9 Å². The summed E-state index contributed by atoms with van der Waals surface area (Å²) >= 11 is 0. The molecular weight excluding hydrogens is 256 g/mol. The van der Waals surface area contributed by atoms with Crippen LogP contribution in [-0.4, -0.2) is 20.3 Å². The summed E-state index contributed by atoms with van der Waals surface area (Å²) in [5.41, 5.74) is 0.954. The molecule has 1 fully saturated rings. The zero-order valence-electron chi connectivity index (χ0n) is 11.2. The Morgan fingerprint density at radius 1 is 0.950 bits per heavy atom. The van der Waals surface area contributed by atoms with Crippen LogP contribution in [0.1, 0.15) is 11.9 Å². The molecular formula is C16H16O4. The smallest absolute Gasteiger partial charge is 0.184 e. The van der Waals surface area contributed by atoms with Crippen LogP contribution in [0.15, 0.2) is 48.5 Å². The second kappa shape index (κ2) is 5.94. The number of ether oxygens (including phenoxy) is 4. The maximum atomic E-state index is 5.86.